The summed E-state index contributed by atoms with van der Waals surface area (Å²) in [7, 11) is 0. The molecule has 32 heavy (non-hydrogen) atoms. The van der Waals surface area contributed by atoms with Crippen molar-refractivity contribution in [2.24, 2.45) is 0 Å². The minimum absolute atomic E-state index is 0.263. The second kappa shape index (κ2) is 11.0. The van der Waals surface area contributed by atoms with Gasteiger partial charge in [0.15, 0.2) is 0 Å². The molecule has 0 radical (unpaired) electrons. The van der Waals surface area contributed by atoms with Crippen molar-refractivity contribution in [2.75, 3.05) is 0 Å². The van der Waals surface area contributed by atoms with E-state index >= 15 is 0 Å². The van der Waals surface area contributed by atoms with E-state index in [9.17, 15) is 5.11 Å². The third kappa shape index (κ3) is 5.25. The van der Waals surface area contributed by atoms with Crippen LogP contribution in [0.3, 0.4) is 0 Å². The topological polar surface area (TPSA) is 20.2 Å². The first kappa shape index (κ1) is 22.8. The third-order valence-corrected chi connectivity index (χ3v) is 5.33. The molecule has 0 heterocycles. The number of phenols is 1. The van der Waals surface area contributed by atoms with Crippen LogP contribution in [0.15, 0.2) is 116 Å². The van der Waals surface area contributed by atoms with Crippen LogP contribution in [0.5, 0.6) is 5.75 Å². The lowest BCUT2D eigenvalue weighted by Crippen LogP contribution is -1.85. The molecule has 0 bridgehead atoms. The van der Waals surface area contributed by atoms with Gasteiger partial charge in [-0.3, -0.25) is 0 Å². The van der Waals surface area contributed by atoms with Crippen LogP contribution in [0, 0.1) is 0 Å². The van der Waals surface area contributed by atoms with Crippen LogP contribution in [0.1, 0.15) is 26.3 Å². The summed E-state index contributed by atoms with van der Waals surface area (Å²) in [5.41, 5.74) is 8.74. The summed E-state index contributed by atoms with van der Waals surface area (Å²) in [5.74, 6) is 0.263. The molecular weight excluding hydrogens is 388 g/mol. The zero-order valence-corrected chi connectivity index (χ0v) is 19.0. The van der Waals surface area contributed by atoms with Crippen LogP contribution >= 0.6 is 0 Å². The van der Waals surface area contributed by atoms with Crippen LogP contribution in [0.2, 0.25) is 0 Å². The van der Waals surface area contributed by atoms with E-state index < -0.39 is 0 Å². The van der Waals surface area contributed by atoms with Gasteiger partial charge in [-0.25, -0.2) is 0 Å². The maximum absolute atomic E-state index is 10.3. The minimum Gasteiger partial charge on any atom is -0.508 e. The lowest BCUT2D eigenvalue weighted by atomic mass is 9.95. The number of aromatic hydroxyl groups is 1. The smallest absolute Gasteiger partial charge is 0.116 e. The van der Waals surface area contributed by atoms with Gasteiger partial charge in [-0.1, -0.05) is 111 Å². The van der Waals surface area contributed by atoms with E-state index in [2.05, 4.69) is 73.3 Å². The SMILES string of the molecule is C=C/C(=C\C)c1ccc(-c2cc(O)cc(-c3ccc(-c4ccccc4)cc3)c2)cc1.CC. The van der Waals surface area contributed by atoms with Crippen molar-refractivity contribution >= 4 is 5.57 Å². The largest absolute Gasteiger partial charge is 0.508 e. The number of hydrogen-bond donors (Lipinski definition) is 1. The number of phenolic OH excluding ortho intramolecular Hbond substituents is 1. The Morgan fingerprint density at radius 3 is 1.53 bits per heavy atom. The van der Waals surface area contributed by atoms with E-state index in [1.165, 1.54) is 11.1 Å². The highest BCUT2D eigenvalue weighted by molar-refractivity contribution is 5.79. The van der Waals surface area contributed by atoms with Gasteiger partial charge in [0.1, 0.15) is 5.75 Å². The van der Waals surface area contributed by atoms with E-state index in [4.69, 9.17) is 0 Å². The summed E-state index contributed by atoms with van der Waals surface area (Å²) in [6.07, 6.45) is 3.91. The summed E-state index contributed by atoms with van der Waals surface area (Å²) >= 11 is 0. The average molecular weight is 419 g/mol. The van der Waals surface area contributed by atoms with E-state index in [-0.39, 0.29) is 5.75 Å². The molecule has 0 spiro atoms. The van der Waals surface area contributed by atoms with Crippen molar-refractivity contribution in [1.29, 1.82) is 0 Å². The Bertz CT molecular complexity index is 1180. The Morgan fingerprint density at radius 2 is 1.06 bits per heavy atom. The molecule has 0 fully saturated rings. The summed E-state index contributed by atoms with van der Waals surface area (Å²) in [6.45, 7) is 9.88. The highest BCUT2D eigenvalue weighted by Crippen LogP contribution is 2.32. The molecule has 0 aliphatic carbocycles. The molecule has 0 amide bonds. The fraction of sp³-hybridized carbons (Fsp3) is 0.0968. The van der Waals surface area contributed by atoms with Crippen LogP contribution in [-0.2, 0) is 0 Å². The quantitative estimate of drug-likeness (QED) is 0.321. The van der Waals surface area contributed by atoms with Gasteiger partial charge in [0.05, 0.1) is 0 Å². The highest BCUT2D eigenvalue weighted by atomic mass is 16.3. The van der Waals surface area contributed by atoms with Crippen molar-refractivity contribution in [3.63, 3.8) is 0 Å². The first-order valence-electron chi connectivity index (χ1n) is 11.1. The lowest BCUT2D eigenvalue weighted by Gasteiger charge is -2.10. The number of hydrogen-bond acceptors (Lipinski definition) is 1. The molecule has 0 saturated carbocycles. The van der Waals surface area contributed by atoms with Crippen molar-refractivity contribution in [3.8, 4) is 39.1 Å². The van der Waals surface area contributed by atoms with E-state index in [1.54, 1.807) is 6.07 Å². The summed E-state index contributed by atoms with van der Waals surface area (Å²) in [5, 5.41) is 10.3. The zero-order valence-electron chi connectivity index (χ0n) is 19.0. The van der Waals surface area contributed by atoms with Crippen molar-refractivity contribution in [1.82, 2.24) is 0 Å². The molecular formula is C31H30O. The molecule has 160 valence electrons. The van der Waals surface area contributed by atoms with Crippen molar-refractivity contribution in [3.05, 3.63) is 121 Å². The first-order chi connectivity index (χ1) is 15.7. The summed E-state index contributed by atoms with van der Waals surface area (Å²) in [6, 6.07) is 32.9. The van der Waals surface area contributed by atoms with Crippen molar-refractivity contribution < 1.29 is 5.11 Å². The molecule has 1 nitrogen and oxygen atoms in total. The Balaban J connectivity index is 0.00000141. The molecule has 0 aliphatic heterocycles. The maximum atomic E-state index is 10.3. The summed E-state index contributed by atoms with van der Waals surface area (Å²) < 4.78 is 0. The Labute approximate surface area is 192 Å². The first-order valence-corrected chi connectivity index (χ1v) is 11.1. The average Bonchev–Trinajstić information content (AvgIpc) is 2.87. The Kier molecular flexibility index (Phi) is 7.83. The summed E-state index contributed by atoms with van der Waals surface area (Å²) in [4.78, 5) is 0. The van der Waals surface area contributed by atoms with E-state index in [1.807, 2.05) is 57.2 Å². The van der Waals surface area contributed by atoms with Gasteiger partial charge in [0, 0.05) is 0 Å². The Morgan fingerprint density at radius 1 is 0.625 bits per heavy atom. The van der Waals surface area contributed by atoms with Crippen LogP contribution in [0.25, 0.3) is 39.0 Å². The molecule has 0 aromatic heterocycles. The fourth-order valence-electron chi connectivity index (χ4n) is 3.69. The molecule has 4 aromatic rings. The fourth-order valence-corrected chi connectivity index (χ4v) is 3.69. The molecule has 0 unspecified atom stereocenters. The van der Waals surface area contributed by atoms with Crippen LogP contribution in [0.4, 0.5) is 0 Å². The second-order valence-electron chi connectivity index (χ2n) is 7.24. The number of allylic oxidation sites excluding steroid dienone is 3. The van der Waals surface area contributed by atoms with E-state index in [0.717, 1.165) is 33.4 Å². The third-order valence-electron chi connectivity index (χ3n) is 5.33. The van der Waals surface area contributed by atoms with Gasteiger partial charge in [-0.05, 0) is 69.6 Å². The van der Waals surface area contributed by atoms with Gasteiger partial charge in [-0.2, -0.15) is 0 Å². The molecule has 0 aliphatic rings. The molecule has 1 N–H and O–H groups in total. The van der Waals surface area contributed by atoms with Gasteiger partial charge in [0.25, 0.3) is 0 Å². The van der Waals surface area contributed by atoms with Crippen molar-refractivity contribution in [2.45, 2.75) is 20.8 Å². The second-order valence-corrected chi connectivity index (χ2v) is 7.24. The standard InChI is InChI=1S/C29H24O.C2H6/c1-3-21(4-2)23-10-14-25(15-11-23)27-18-28(20-29(30)19-27)26-16-12-24(13-17-26)22-8-6-5-7-9-22;1-2/h3-20,30H,1H2,2H3;1-2H3/b21-4+;. The van der Waals surface area contributed by atoms with Crippen LogP contribution < -0.4 is 0 Å². The predicted molar refractivity (Wildman–Crippen MR) is 140 cm³/mol. The number of benzene rings is 4. The van der Waals surface area contributed by atoms with Gasteiger partial charge in [-0.15, -0.1) is 0 Å². The van der Waals surface area contributed by atoms with Gasteiger partial charge < -0.3 is 5.11 Å². The van der Waals surface area contributed by atoms with Crippen LogP contribution in [-0.4, -0.2) is 5.11 Å². The number of rotatable bonds is 5. The normalized spacial score (nSPS) is 10.8. The minimum atomic E-state index is 0.263. The molecule has 4 aromatic carbocycles. The zero-order chi connectivity index (χ0) is 22.9. The molecule has 4 rings (SSSR count). The molecule has 0 atom stereocenters. The van der Waals surface area contributed by atoms with Gasteiger partial charge >= 0.3 is 0 Å². The monoisotopic (exact) mass is 418 g/mol. The van der Waals surface area contributed by atoms with E-state index in [0.29, 0.717) is 0 Å². The Hall–Kier alpha value is -3.84. The molecule has 0 saturated heterocycles. The van der Waals surface area contributed by atoms with Gasteiger partial charge in [0.2, 0.25) is 0 Å². The lowest BCUT2D eigenvalue weighted by molar-refractivity contribution is 0.476. The maximum Gasteiger partial charge on any atom is 0.116 e. The highest BCUT2D eigenvalue weighted by Gasteiger charge is 2.07. The molecule has 1 heteroatoms. The predicted octanol–water partition coefficient (Wildman–Crippen LogP) is 9.01.